The first-order valence-corrected chi connectivity index (χ1v) is 8.00. The van der Waals surface area contributed by atoms with E-state index in [4.69, 9.17) is 4.74 Å². The molecule has 118 valence electrons. The van der Waals surface area contributed by atoms with Crippen molar-refractivity contribution < 1.29 is 4.74 Å². The molecule has 1 aromatic rings. The Morgan fingerprint density at radius 1 is 1.29 bits per heavy atom. The van der Waals surface area contributed by atoms with Crippen LogP contribution in [0.3, 0.4) is 0 Å². The molecule has 1 aromatic carbocycles. The van der Waals surface area contributed by atoms with Gasteiger partial charge in [-0.05, 0) is 62.0 Å². The summed E-state index contributed by atoms with van der Waals surface area (Å²) in [6.45, 7) is 8.94. The van der Waals surface area contributed by atoms with Gasteiger partial charge in [-0.1, -0.05) is 19.1 Å². The first-order chi connectivity index (χ1) is 9.85. The van der Waals surface area contributed by atoms with Crippen LogP contribution in [0.2, 0.25) is 0 Å². The molecule has 21 heavy (non-hydrogen) atoms. The molecular weight excluding hydrogens is 284 g/mol. The van der Waals surface area contributed by atoms with E-state index in [0.717, 1.165) is 37.2 Å². The summed E-state index contributed by atoms with van der Waals surface area (Å²) in [6.07, 6.45) is 2.41. The van der Waals surface area contributed by atoms with Crippen LogP contribution in [-0.4, -0.2) is 37.7 Å². The standard InChI is InChI=1S/C17H26N2O.ClH/c1-2-8-20-17-5-3-4-14(9-17)12-19-7-6-15-10-18-11-16(15)13-19;/h3-5,9,15-16,18H,2,6-8,10-13H2,1H3;1H. The van der Waals surface area contributed by atoms with Gasteiger partial charge in [0, 0.05) is 13.1 Å². The molecule has 2 saturated heterocycles. The number of nitrogens with zero attached hydrogens (tertiary/aromatic N) is 1. The van der Waals surface area contributed by atoms with Crippen LogP contribution < -0.4 is 10.1 Å². The van der Waals surface area contributed by atoms with E-state index in [1.54, 1.807) is 0 Å². The SMILES string of the molecule is CCCOc1cccc(CN2CCC3CNCC3C2)c1.Cl. The molecule has 3 rings (SSSR count). The molecule has 2 heterocycles. The highest BCUT2D eigenvalue weighted by molar-refractivity contribution is 5.85. The maximum atomic E-state index is 5.73. The molecule has 0 spiro atoms. The van der Waals surface area contributed by atoms with Crippen molar-refractivity contribution >= 4 is 12.4 Å². The number of hydrogen-bond donors (Lipinski definition) is 1. The Kier molecular flexibility index (Phi) is 6.34. The van der Waals surface area contributed by atoms with Gasteiger partial charge < -0.3 is 10.1 Å². The number of fused-ring (bicyclic) bond motifs is 1. The normalized spacial score (nSPS) is 25.2. The third-order valence-electron chi connectivity index (χ3n) is 4.57. The zero-order valence-electron chi connectivity index (χ0n) is 12.9. The Labute approximate surface area is 134 Å². The number of rotatable bonds is 5. The van der Waals surface area contributed by atoms with E-state index in [9.17, 15) is 0 Å². The quantitative estimate of drug-likeness (QED) is 0.905. The number of ether oxygens (including phenoxy) is 1. The summed E-state index contributed by atoms with van der Waals surface area (Å²) in [5, 5.41) is 3.53. The third kappa shape index (κ3) is 4.35. The van der Waals surface area contributed by atoms with E-state index in [-0.39, 0.29) is 12.4 Å². The number of likely N-dealkylation sites (tertiary alicyclic amines) is 1. The molecule has 2 aliphatic rings. The van der Waals surface area contributed by atoms with Gasteiger partial charge >= 0.3 is 0 Å². The maximum absolute atomic E-state index is 5.73. The molecule has 0 aliphatic carbocycles. The van der Waals surface area contributed by atoms with Crippen molar-refractivity contribution in [3.05, 3.63) is 29.8 Å². The monoisotopic (exact) mass is 310 g/mol. The fraction of sp³-hybridized carbons (Fsp3) is 0.647. The van der Waals surface area contributed by atoms with Gasteiger partial charge in [-0.15, -0.1) is 12.4 Å². The first-order valence-electron chi connectivity index (χ1n) is 8.00. The van der Waals surface area contributed by atoms with Crippen molar-refractivity contribution in [2.24, 2.45) is 11.8 Å². The van der Waals surface area contributed by atoms with E-state index in [2.05, 4.69) is 41.4 Å². The minimum Gasteiger partial charge on any atom is -0.494 e. The van der Waals surface area contributed by atoms with Crippen LogP contribution in [-0.2, 0) is 6.54 Å². The summed E-state index contributed by atoms with van der Waals surface area (Å²) in [7, 11) is 0. The molecule has 0 aromatic heterocycles. The molecule has 2 unspecified atom stereocenters. The number of piperidine rings is 1. The van der Waals surface area contributed by atoms with Gasteiger partial charge in [0.15, 0.2) is 0 Å². The smallest absolute Gasteiger partial charge is 0.119 e. The summed E-state index contributed by atoms with van der Waals surface area (Å²) >= 11 is 0. The number of hydrogen-bond acceptors (Lipinski definition) is 3. The van der Waals surface area contributed by atoms with Crippen molar-refractivity contribution in [2.75, 3.05) is 32.8 Å². The second kappa shape index (κ2) is 8.02. The highest BCUT2D eigenvalue weighted by Gasteiger charge is 2.32. The summed E-state index contributed by atoms with van der Waals surface area (Å²) in [5.41, 5.74) is 1.38. The van der Waals surface area contributed by atoms with Crippen molar-refractivity contribution in [3.63, 3.8) is 0 Å². The third-order valence-corrected chi connectivity index (χ3v) is 4.57. The van der Waals surface area contributed by atoms with Gasteiger partial charge in [-0.3, -0.25) is 4.90 Å². The highest BCUT2D eigenvalue weighted by Crippen LogP contribution is 2.27. The van der Waals surface area contributed by atoms with Crippen molar-refractivity contribution in [1.29, 1.82) is 0 Å². The molecule has 2 atom stereocenters. The van der Waals surface area contributed by atoms with E-state index in [0.29, 0.717) is 0 Å². The topological polar surface area (TPSA) is 24.5 Å². The van der Waals surface area contributed by atoms with E-state index in [1.807, 2.05) is 0 Å². The molecule has 4 heteroatoms. The van der Waals surface area contributed by atoms with Crippen molar-refractivity contribution in [1.82, 2.24) is 10.2 Å². The van der Waals surface area contributed by atoms with Crippen LogP contribution in [0.1, 0.15) is 25.3 Å². The second-order valence-corrected chi connectivity index (χ2v) is 6.20. The van der Waals surface area contributed by atoms with E-state index in [1.165, 1.54) is 38.2 Å². The summed E-state index contributed by atoms with van der Waals surface area (Å²) < 4.78 is 5.73. The molecule has 0 saturated carbocycles. The van der Waals surface area contributed by atoms with Gasteiger partial charge in [0.2, 0.25) is 0 Å². The van der Waals surface area contributed by atoms with Crippen LogP contribution in [0.4, 0.5) is 0 Å². The molecule has 3 nitrogen and oxygen atoms in total. The predicted octanol–water partition coefficient (Wildman–Crippen LogP) is 2.94. The second-order valence-electron chi connectivity index (χ2n) is 6.20. The van der Waals surface area contributed by atoms with E-state index >= 15 is 0 Å². The fourth-order valence-corrected chi connectivity index (χ4v) is 3.47. The van der Waals surface area contributed by atoms with Crippen LogP contribution in [0, 0.1) is 11.8 Å². The number of nitrogens with one attached hydrogen (secondary N) is 1. The van der Waals surface area contributed by atoms with Crippen molar-refractivity contribution in [2.45, 2.75) is 26.3 Å². The Hall–Kier alpha value is -0.770. The molecular formula is C17H27ClN2O. The Morgan fingerprint density at radius 3 is 3.00 bits per heavy atom. The zero-order chi connectivity index (χ0) is 13.8. The largest absolute Gasteiger partial charge is 0.494 e. The lowest BCUT2D eigenvalue weighted by atomic mass is 9.88. The minimum atomic E-state index is 0. The molecule has 0 radical (unpaired) electrons. The van der Waals surface area contributed by atoms with Crippen LogP contribution in [0.15, 0.2) is 24.3 Å². The average Bonchev–Trinajstić information content (AvgIpc) is 2.93. The number of benzene rings is 1. The lowest BCUT2D eigenvalue weighted by Gasteiger charge is -2.34. The highest BCUT2D eigenvalue weighted by atomic mass is 35.5. The number of halogens is 1. The fourth-order valence-electron chi connectivity index (χ4n) is 3.47. The first kappa shape index (κ1) is 16.6. The van der Waals surface area contributed by atoms with Crippen LogP contribution >= 0.6 is 12.4 Å². The maximum Gasteiger partial charge on any atom is 0.119 e. The Bertz CT molecular complexity index is 441. The van der Waals surface area contributed by atoms with Gasteiger partial charge in [-0.2, -0.15) is 0 Å². The van der Waals surface area contributed by atoms with E-state index < -0.39 is 0 Å². The Morgan fingerprint density at radius 2 is 2.14 bits per heavy atom. The van der Waals surface area contributed by atoms with Gasteiger partial charge in [0.25, 0.3) is 0 Å². The van der Waals surface area contributed by atoms with Gasteiger partial charge in [-0.25, -0.2) is 0 Å². The molecule has 2 fully saturated rings. The van der Waals surface area contributed by atoms with Gasteiger partial charge in [0.05, 0.1) is 6.61 Å². The Balaban J connectivity index is 0.00000161. The summed E-state index contributed by atoms with van der Waals surface area (Å²) in [4.78, 5) is 2.60. The summed E-state index contributed by atoms with van der Waals surface area (Å²) in [5.74, 6) is 2.80. The van der Waals surface area contributed by atoms with Crippen LogP contribution in [0.5, 0.6) is 5.75 Å². The molecule has 2 aliphatic heterocycles. The lowest BCUT2D eigenvalue weighted by Crippen LogP contribution is -2.39. The average molecular weight is 311 g/mol. The van der Waals surface area contributed by atoms with Crippen LogP contribution in [0.25, 0.3) is 0 Å². The van der Waals surface area contributed by atoms with Gasteiger partial charge in [0.1, 0.15) is 5.75 Å². The lowest BCUT2D eigenvalue weighted by molar-refractivity contribution is 0.142. The zero-order valence-corrected chi connectivity index (χ0v) is 13.7. The summed E-state index contributed by atoms with van der Waals surface area (Å²) in [6, 6.07) is 8.60. The van der Waals surface area contributed by atoms with Crippen molar-refractivity contribution in [3.8, 4) is 5.75 Å². The molecule has 0 amide bonds. The molecule has 1 N–H and O–H groups in total. The molecule has 0 bridgehead atoms. The predicted molar refractivity (Wildman–Crippen MR) is 89.2 cm³/mol. The minimum absolute atomic E-state index is 0.